The molecule has 30 heavy (non-hydrogen) atoms. The van der Waals surface area contributed by atoms with Crippen LogP contribution in [-0.4, -0.2) is 44.0 Å². The van der Waals surface area contributed by atoms with E-state index in [-0.39, 0.29) is 11.7 Å². The van der Waals surface area contributed by atoms with Crippen molar-refractivity contribution in [1.82, 2.24) is 25.2 Å². The summed E-state index contributed by atoms with van der Waals surface area (Å²) in [6.07, 6.45) is 0. The highest BCUT2D eigenvalue weighted by molar-refractivity contribution is 7.99. The third kappa shape index (κ3) is 4.34. The number of para-hydroxylation sites is 1. The number of benzene rings is 2. The number of aryl methyl sites for hydroxylation is 1. The summed E-state index contributed by atoms with van der Waals surface area (Å²) in [5.41, 5.74) is 2.43. The molecule has 0 fully saturated rings. The largest absolute Gasteiger partial charge is 0.497 e. The van der Waals surface area contributed by atoms with Crippen LogP contribution in [0.4, 0.5) is 10.8 Å². The summed E-state index contributed by atoms with van der Waals surface area (Å²) in [6, 6.07) is 16.9. The molecule has 4 rings (SSSR count). The summed E-state index contributed by atoms with van der Waals surface area (Å²) >= 11 is 2.71. The molecule has 10 heteroatoms. The van der Waals surface area contributed by atoms with Crippen molar-refractivity contribution in [2.75, 3.05) is 17.8 Å². The monoisotopic (exact) mass is 438 g/mol. The molecule has 152 valence electrons. The number of anilines is 2. The number of carbonyl (C=O) groups is 1. The second kappa shape index (κ2) is 9.06. The van der Waals surface area contributed by atoms with Crippen molar-refractivity contribution in [1.29, 1.82) is 0 Å². The van der Waals surface area contributed by atoms with Crippen LogP contribution < -0.4 is 9.64 Å². The Balaban J connectivity index is 1.54. The van der Waals surface area contributed by atoms with Gasteiger partial charge in [-0.2, -0.15) is 4.68 Å². The molecule has 1 amide bonds. The standard InChI is InChI=1S/C20H18N6O2S2/c1-14-12-29-19(21-14)25(15-6-4-3-5-7-15)18(27)13-30-20-22-23-24-26(20)16-8-10-17(28-2)11-9-16/h3-12H,13H2,1-2H3. The Morgan fingerprint density at radius 2 is 1.93 bits per heavy atom. The van der Waals surface area contributed by atoms with Gasteiger partial charge in [-0.3, -0.25) is 9.69 Å². The van der Waals surface area contributed by atoms with Gasteiger partial charge in [-0.05, 0) is 53.7 Å². The van der Waals surface area contributed by atoms with Crippen molar-refractivity contribution < 1.29 is 9.53 Å². The van der Waals surface area contributed by atoms with Crippen molar-refractivity contribution in [2.45, 2.75) is 12.1 Å². The van der Waals surface area contributed by atoms with Crippen molar-refractivity contribution in [3.8, 4) is 11.4 Å². The van der Waals surface area contributed by atoms with Crippen molar-refractivity contribution in [2.24, 2.45) is 0 Å². The lowest BCUT2D eigenvalue weighted by Gasteiger charge is -2.19. The Morgan fingerprint density at radius 3 is 2.60 bits per heavy atom. The number of thioether (sulfide) groups is 1. The number of amides is 1. The van der Waals surface area contributed by atoms with Crippen LogP contribution in [0, 0.1) is 6.92 Å². The predicted octanol–water partition coefficient (Wildman–Crippen LogP) is 3.89. The second-order valence-electron chi connectivity index (χ2n) is 6.20. The fourth-order valence-corrected chi connectivity index (χ4v) is 4.31. The molecule has 0 saturated carbocycles. The predicted molar refractivity (Wildman–Crippen MR) is 117 cm³/mol. The lowest BCUT2D eigenvalue weighted by atomic mass is 10.3. The van der Waals surface area contributed by atoms with Gasteiger partial charge in [0.05, 0.1) is 29.9 Å². The molecular formula is C20H18N6O2S2. The molecule has 0 unspecified atom stereocenters. The van der Waals surface area contributed by atoms with Gasteiger partial charge in [0.1, 0.15) is 5.75 Å². The van der Waals surface area contributed by atoms with Crippen LogP contribution in [0.25, 0.3) is 5.69 Å². The van der Waals surface area contributed by atoms with Gasteiger partial charge in [-0.15, -0.1) is 16.4 Å². The fourth-order valence-electron chi connectivity index (χ4n) is 2.73. The first-order valence-corrected chi connectivity index (χ1v) is 10.9. The van der Waals surface area contributed by atoms with E-state index in [9.17, 15) is 4.79 Å². The Bertz CT molecular complexity index is 1130. The molecule has 4 aromatic rings. The molecule has 0 saturated heterocycles. The van der Waals surface area contributed by atoms with E-state index in [1.165, 1.54) is 23.1 Å². The zero-order valence-electron chi connectivity index (χ0n) is 16.3. The number of hydrogen-bond acceptors (Lipinski definition) is 8. The average molecular weight is 439 g/mol. The molecule has 2 aromatic carbocycles. The number of tetrazole rings is 1. The smallest absolute Gasteiger partial charge is 0.243 e. The van der Waals surface area contributed by atoms with Crippen LogP contribution in [-0.2, 0) is 4.79 Å². The van der Waals surface area contributed by atoms with Gasteiger partial charge >= 0.3 is 0 Å². The molecule has 2 heterocycles. The maximum absolute atomic E-state index is 13.2. The number of thiazole rings is 1. The lowest BCUT2D eigenvalue weighted by Crippen LogP contribution is -2.27. The molecule has 0 bridgehead atoms. The zero-order valence-corrected chi connectivity index (χ0v) is 17.9. The topological polar surface area (TPSA) is 86.0 Å². The van der Waals surface area contributed by atoms with Gasteiger partial charge in [0, 0.05) is 5.38 Å². The van der Waals surface area contributed by atoms with Crippen LogP contribution in [0.2, 0.25) is 0 Å². The van der Waals surface area contributed by atoms with E-state index in [1.54, 1.807) is 16.7 Å². The molecule has 8 nitrogen and oxygen atoms in total. The maximum Gasteiger partial charge on any atom is 0.243 e. The summed E-state index contributed by atoms with van der Waals surface area (Å²) < 4.78 is 6.78. The minimum atomic E-state index is -0.107. The molecule has 0 radical (unpaired) electrons. The van der Waals surface area contributed by atoms with E-state index < -0.39 is 0 Å². The third-order valence-corrected chi connectivity index (χ3v) is 5.99. The van der Waals surface area contributed by atoms with E-state index in [0.29, 0.717) is 10.3 Å². The number of aromatic nitrogens is 5. The summed E-state index contributed by atoms with van der Waals surface area (Å²) in [7, 11) is 1.61. The lowest BCUT2D eigenvalue weighted by molar-refractivity contribution is -0.115. The first kappa shape index (κ1) is 20.0. The average Bonchev–Trinajstić information content (AvgIpc) is 3.42. The molecular weight excluding hydrogens is 420 g/mol. The SMILES string of the molecule is COc1ccc(-n2nnnc2SCC(=O)N(c2ccccc2)c2nc(C)cs2)cc1. The van der Waals surface area contributed by atoms with Crippen LogP contribution in [0.15, 0.2) is 65.1 Å². The molecule has 0 atom stereocenters. The van der Waals surface area contributed by atoms with Crippen LogP contribution in [0.1, 0.15) is 5.69 Å². The van der Waals surface area contributed by atoms with Crippen LogP contribution in [0.3, 0.4) is 0 Å². The Labute approximate surface area is 181 Å². The summed E-state index contributed by atoms with van der Waals surface area (Å²) in [4.78, 5) is 19.3. The van der Waals surface area contributed by atoms with Gasteiger partial charge in [0.15, 0.2) is 5.13 Å². The van der Waals surface area contributed by atoms with Crippen LogP contribution >= 0.6 is 23.1 Å². The van der Waals surface area contributed by atoms with Gasteiger partial charge in [-0.25, -0.2) is 4.98 Å². The highest BCUT2D eigenvalue weighted by atomic mass is 32.2. The summed E-state index contributed by atoms with van der Waals surface area (Å²) in [5.74, 6) is 0.794. The van der Waals surface area contributed by atoms with E-state index in [2.05, 4.69) is 20.5 Å². The van der Waals surface area contributed by atoms with Gasteiger partial charge in [0.2, 0.25) is 11.1 Å². The fraction of sp³-hybridized carbons (Fsp3) is 0.150. The number of nitrogens with zero attached hydrogens (tertiary/aromatic N) is 6. The number of rotatable bonds is 7. The van der Waals surface area contributed by atoms with Crippen LogP contribution in [0.5, 0.6) is 5.75 Å². The minimum Gasteiger partial charge on any atom is -0.497 e. The highest BCUT2D eigenvalue weighted by Gasteiger charge is 2.22. The molecule has 0 aliphatic carbocycles. The Kier molecular flexibility index (Phi) is 6.05. The van der Waals surface area contributed by atoms with E-state index in [1.807, 2.05) is 66.9 Å². The maximum atomic E-state index is 13.2. The van der Waals surface area contributed by atoms with E-state index in [4.69, 9.17) is 4.74 Å². The van der Waals surface area contributed by atoms with Gasteiger partial charge in [-0.1, -0.05) is 30.0 Å². The van der Waals surface area contributed by atoms with E-state index in [0.717, 1.165) is 22.8 Å². The number of ether oxygens (including phenoxy) is 1. The van der Waals surface area contributed by atoms with Crippen molar-refractivity contribution in [3.05, 3.63) is 65.7 Å². The van der Waals surface area contributed by atoms with Crippen molar-refractivity contribution >= 4 is 39.8 Å². The highest BCUT2D eigenvalue weighted by Crippen LogP contribution is 2.30. The molecule has 0 aliphatic heterocycles. The molecule has 2 aromatic heterocycles. The van der Waals surface area contributed by atoms with Gasteiger partial charge in [0.25, 0.3) is 0 Å². The first-order chi connectivity index (χ1) is 14.7. The first-order valence-electron chi connectivity index (χ1n) is 9.01. The minimum absolute atomic E-state index is 0.107. The molecule has 0 aliphatic rings. The van der Waals surface area contributed by atoms with E-state index >= 15 is 0 Å². The summed E-state index contributed by atoms with van der Waals surface area (Å²) in [6.45, 7) is 1.91. The molecule has 0 spiro atoms. The quantitative estimate of drug-likeness (QED) is 0.405. The van der Waals surface area contributed by atoms with Crippen molar-refractivity contribution in [3.63, 3.8) is 0 Å². The number of methoxy groups -OCH3 is 1. The van der Waals surface area contributed by atoms with Gasteiger partial charge < -0.3 is 4.74 Å². The molecule has 0 N–H and O–H groups in total. The second-order valence-corrected chi connectivity index (χ2v) is 7.98. The number of carbonyl (C=O) groups excluding carboxylic acids is 1. The normalized spacial score (nSPS) is 10.7. The Hall–Kier alpha value is -3.24. The Morgan fingerprint density at radius 1 is 1.17 bits per heavy atom. The number of hydrogen-bond donors (Lipinski definition) is 0. The zero-order chi connectivity index (χ0) is 20.9. The summed E-state index contributed by atoms with van der Waals surface area (Å²) in [5, 5.41) is 15.0. The third-order valence-electron chi connectivity index (χ3n) is 4.14.